The Kier molecular flexibility index (Phi) is 5.30. The maximum absolute atomic E-state index is 12.4. The lowest BCUT2D eigenvalue weighted by molar-refractivity contribution is -0.131. The van der Waals surface area contributed by atoms with Crippen LogP contribution >= 0.6 is 11.6 Å². The highest BCUT2D eigenvalue weighted by molar-refractivity contribution is 6.30. The Hall–Kier alpha value is -1.22. The Morgan fingerprint density at radius 2 is 1.95 bits per heavy atom. The van der Waals surface area contributed by atoms with Gasteiger partial charge in [-0.3, -0.25) is 4.79 Å². The molecule has 1 aliphatic rings. The largest absolute Gasteiger partial charge is 0.491 e. The van der Waals surface area contributed by atoms with Crippen LogP contribution in [-0.2, 0) is 4.79 Å². The number of likely N-dealkylation sites (tertiary alicyclic amines) is 1. The lowest BCUT2D eigenvalue weighted by Gasteiger charge is -2.28. The van der Waals surface area contributed by atoms with E-state index in [9.17, 15) is 4.79 Å². The van der Waals surface area contributed by atoms with Gasteiger partial charge in [0.1, 0.15) is 11.1 Å². The van der Waals surface area contributed by atoms with Gasteiger partial charge in [0.15, 0.2) is 0 Å². The molecule has 0 radical (unpaired) electrons. The monoisotopic (exact) mass is 295 g/mol. The maximum atomic E-state index is 12.4. The molecule has 0 aliphatic carbocycles. The van der Waals surface area contributed by atoms with Crippen molar-refractivity contribution in [1.29, 1.82) is 0 Å². The van der Waals surface area contributed by atoms with E-state index >= 15 is 0 Å². The van der Waals surface area contributed by atoms with Gasteiger partial charge in [-0.15, -0.1) is 11.6 Å². The highest BCUT2D eigenvalue weighted by Gasteiger charge is 2.25. The summed E-state index contributed by atoms with van der Waals surface area (Å²) in [7, 11) is 0. The Morgan fingerprint density at radius 1 is 1.25 bits per heavy atom. The molecular weight excluding hydrogens is 274 g/mol. The summed E-state index contributed by atoms with van der Waals surface area (Å²) < 4.78 is 5.65. The van der Waals surface area contributed by atoms with Gasteiger partial charge < -0.3 is 9.64 Å². The van der Waals surface area contributed by atoms with Gasteiger partial charge in [0.05, 0.1) is 6.10 Å². The fourth-order valence-corrected chi connectivity index (χ4v) is 2.71. The zero-order chi connectivity index (χ0) is 14.5. The third kappa shape index (κ3) is 3.89. The normalized spacial score (nSPS) is 17.1. The number of ether oxygens (including phenoxy) is 1. The van der Waals surface area contributed by atoms with Crippen molar-refractivity contribution in [3.05, 3.63) is 29.8 Å². The standard InChI is InChI=1S/C16H22ClNO2/c1-12(2)20-14-8-6-7-13(11-14)15(17)16(19)18-9-4-3-5-10-18/h6-8,11-12,15H,3-5,9-10H2,1-2H3. The Labute approximate surface area is 125 Å². The summed E-state index contributed by atoms with van der Waals surface area (Å²) in [5, 5.41) is -0.621. The van der Waals surface area contributed by atoms with Gasteiger partial charge >= 0.3 is 0 Å². The number of hydrogen-bond acceptors (Lipinski definition) is 2. The topological polar surface area (TPSA) is 29.5 Å². The fraction of sp³-hybridized carbons (Fsp3) is 0.562. The number of carbonyl (C=O) groups is 1. The number of nitrogens with zero attached hydrogens (tertiary/aromatic N) is 1. The molecule has 1 unspecified atom stereocenters. The van der Waals surface area contributed by atoms with Gasteiger partial charge in [-0.1, -0.05) is 12.1 Å². The third-order valence-electron chi connectivity index (χ3n) is 3.41. The average Bonchev–Trinajstić information content (AvgIpc) is 2.46. The molecule has 3 nitrogen and oxygen atoms in total. The molecule has 1 saturated heterocycles. The summed E-state index contributed by atoms with van der Waals surface area (Å²) in [5.41, 5.74) is 0.806. The molecule has 2 rings (SSSR count). The van der Waals surface area contributed by atoms with Gasteiger partial charge in [0, 0.05) is 13.1 Å². The van der Waals surface area contributed by atoms with Gasteiger partial charge in [-0.25, -0.2) is 0 Å². The van der Waals surface area contributed by atoms with Crippen molar-refractivity contribution >= 4 is 17.5 Å². The van der Waals surface area contributed by atoms with Crippen LogP contribution < -0.4 is 4.74 Å². The number of halogens is 1. The Balaban J connectivity index is 2.07. The second-order valence-corrected chi connectivity index (χ2v) is 5.92. The first kappa shape index (κ1) is 15.2. The average molecular weight is 296 g/mol. The molecule has 20 heavy (non-hydrogen) atoms. The maximum Gasteiger partial charge on any atom is 0.245 e. The van der Waals surface area contributed by atoms with Crippen LogP contribution in [0.15, 0.2) is 24.3 Å². The minimum absolute atomic E-state index is 0.00747. The number of benzene rings is 1. The number of piperidine rings is 1. The second-order valence-electron chi connectivity index (χ2n) is 5.49. The summed E-state index contributed by atoms with van der Waals surface area (Å²) in [6, 6.07) is 7.51. The van der Waals surface area contributed by atoms with E-state index < -0.39 is 5.38 Å². The van der Waals surface area contributed by atoms with Crippen LogP contribution in [-0.4, -0.2) is 30.0 Å². The minimum Gasteiger partial charge on any atom is -0.491 e. The van der Waals surface area contributed by atoms with Gasteiger partial charge in [0.25, 0.3) is 0 Å². The first-order valence-corrected chi connectivity index (χ1v) is 7.71. The van der Waals surface area contributed by atoms with Crippen molar-refractivity contribution in [3.63, 3.8) is 0 Å². The van der Waals surface area contributed by atoms with E-state index in [-0.39, 0.29) is 12.0 Å². The zero-order valence-corrected chi connectivity index (χ0v) is 12.9. The number of hydrogen-bond donors (Lipinski definition) is 0. The highest BCUT2D eigenvalue weighted by atomic mass is 35.5. The predicted molar refractivity (Wildman–Crippen MR) is 81.2 cm³/mol. The van der Waals surface area contributed by atoms with E-state index in [0.29, 0.717) is 0 Å². The molecule has 1 atom stereocenters. The van der Waals surface area contributed by atoms with Crippen molar-refractivity contribution in [2.24, 2.45) is 0 Å². The van der Waals surface area contributed by atoms with Crippen molar-refractivity contribution in [2.45, 2.75) is 44.6 Å². The van der Waals surface area contributed by atoms with Crippen molar-refractivity contribution in [3.8, 4) is 5.75 Å². The van der Waals surface area contributed by atoms with E-state index in [1.807, 2.05) is 43.0 Å². The number of carbonyl (C=O) groups excluding carboxylic acids is 1. The van der Waals surface area contributed by atoms with Crippen LogP contribution in [0, 0.1) is 0 Å². The lowest BCUT2D eigenvalue weighted by atomic mass is 10.1. The van der Waals surface area contributed by atoms with E-state index in [0.717, 1.165) is 37.2 Å². The first-order valence-electron chi connectivity index (χ1n) is 7.27. The van der Waals surface area contributed by atoms with Crippen molar-refractivity contribution < 1.29 is 9.53 Å². The van der Waals surface area contributed by atoms with Crippen LogP contribution in [0.5, 0.6) is 5.75 Å². The lowest BCUT2D eigenvalue weighted by Crippen LogP contribution is -2.37. The van der Waals surface area contributed by atoms with Crippen molar-refractivity contribution in [2.75, 3.05) is 13.1 Å². The fourth-order valence-electron chi connectivity index (χ4n) is 2.43. The molecule has 1 heterocycles. The molecule has 1 fully saturated rings. The van der Waals surface area contributed by atoms with E-state index in [4.69, 9.17) is 16.3 Å². The van der Waals surface area contributed by atoms with E-state index in [1.54, 1.807) is 0 Å². The van der Waals surface area contributed by atoms with Gasteiger partial charge in [-0.2, -0.15) is 0 Å². The molecular formula is C16H22ClNO2. The number of amides is 1. The predicted octanol–water partition coefficient (Wildman–Crippen LogP) is 3.77. The molecule has 0 aromatic heterocycles. The molecule has 0 N–H and O–H groups in total. The van der Waals surface area contributed by atoms with E-state index in [1.165, 1.54) is 6.42 Å². The molecule has 0 spiro atoms. The van der Waals surface area contributed by atoms with Crippen LogP contribution in [0.3, 0.4) is 0 Å². The highest BCUT2D eigenvalue weighted by Crippen LogP contribution is 2.27. The molecule has 1 amide bonds. The van der Waals surface area contributed by atoms with Crippen LogP contribution in [0.25, 0.3) is 0 Å². The smallest absolute Gasteiger partial charge is 0.245 e. The molecule has 1 aliphatic heterocycles. The minimum atomic E-state index is -0.621. The third-order valence-corrected chi connectivity index (χ3v) is 3.85. The SMILES string of the molecule is CC(C)Oc1cccc(C(Cl)C(=O)N2CCCCC2)c1. The van der Waals surface area contributed by atoms with Crippen LogP contribution in [0.2, 0.25) is 0 Å². The zero-order valence-electron chi connectivity index (χ0n) is 12.1. The van der Waals surface area contributed by atoms with Gasteiger partial charge in [-0.05, 0) is 50.8 Å². The molecule has 1 aromatic rings. The van der Waals surface area contributed by atoms with Crippen molar-refractivity contribution in [1.82, 2.24) is 4.90 Å². The molecule has 1 aromatic carbocycles. The molecule has 110 valence electrons. The summed E-state index contributed by atoms with van der Waals surface area (Å²) in [6.45, 7) is 5.60. The molecule has 0 saturated carbocycles. The molecule has 0 bridgehead atoms. The summed E-state index contributed by atoms with van der Waals surface area (Å²) in [6.07, 6.45) is 3.46. The molecule has 4 heteroatoms. The second kappa shape index (κ2) is 6.98. The number of alkyl halides is 1. The quantitative estimate of drug-likeness (QED) is 0.792. The number of rotatable bonds is 4. The van der Waals surface area contributed by atoms with Gasteiger partial charge in [0.2, 0.25) is 5.91 Å². The van der Waals surface area contributed by atoms with E-state index in [2.05, 4.69) is 0 Å². The summed E-state index contributed by atoms with van der Waals surface area (Å²) >= 11 is 6.35. The van der Waals surface area contributed by atoms with Crippen LogP contribution in [0.1, 0.15) is 44.1 Å². The van der Waals surface area contributed by atoms with Crippen LogP contribution in [0.4, 0.5) is 0 Å². The first-order chi connectivity index (χ1) is 9.58. The summed E-state index contributed by atoms with van der Waals surface area (Å²) in [5.74, 6) is 0.766. The summed E-state index contributed by atoms with van der Waals surface area (Å²) in [4.78, 5) is 14.3. The Bertz CT molecular complexity index is 456. The Morgan fingerprint density at radius 3 is 2.60 bits per heavy atom.